The lowest BCUT2D eigenvalue weighted by Crippen LogP contribution is -2.49. The van der Waals surface area contributed by atoms with Crippen molar-refractivity contribution < 1.29 is 14.3 Å². The number of nitrogens with zero attached hydrogens (tertiary/aromatic N) is 1. The highest BCUT2D eigenvalue weighted by atomic mass is 35.5. The van der Waals surface area contributed by atoms with Crippen LogP contribution in [0.25, 0.3) is 0 Å². The Morgan fingerprint density at radius 1 is 1.58 bits per heavy atom. The fourth-order valence-electron chi connectivity index (χ4n) is 2.19. The number of carbonyl (C=O) groups is 1. The predicted octanol–water partition coefficient (Wildman–Crippen LogP) is 2.08. The van der Waals surface area contributed by atoms with Crippen LogP contribution in [0.1, 0.15) is 15.9 Å². The second kappa shape index (κ2) is 6.26. The molecule has 2 rings (SSSR count). The molecule has 1 heterocycles. The number of alkyl halides is 1. The molecule has 0 N–H and O–H groups in total. The first-order valence-corrected chi connectivity index (χ1v) is 6.80. The van der Waals surface area contributed by atoms with Gasteiger partial charge in [-0.1, -0.05) is 11.6 Å². The molecule has 0 aromatic heterocycles. The van der Waals surface area contributed by atoms with E-state index in [-0.39, 0.29) is 11.9 Å². The molecule has 0 spiro atoms. The van der Waals surface area contributed by atoms with Gasteiger partial charge in [0.15, 0.2) is 0 Å². The number of aryl methyl sites for hydroxylation is 1. The summed E-state index contributed by atoms with van der Waals surface area (Å²) in [6, 6.07) is 5.52. The molecular weight excluding hydrogens is 266 g/mol. The van der Waals surface area contributed by atoms with Crippen LogP contribution in [-0.4, -0.2) is 49.6 Å². The van der Waals surface area contributed by atoms with Crippen LogP contribution in [-0.2, 0) is 4.74 Å². The average molecular weight is 284 g/mol. The molecule has 1 amide bonds. The molecular formula is C14H18ClNO3. The Kier molecular flexibility index (Phi) is 4.66. The quantitative estimate of drug-likeness (QED) is 0.798. The zero-order valence-electron chi connectivity index (χ0n) is 11.2. The number of rotatable bonds is 3. The zero-order chi connectivity index (χ0) is 13.8. The number of hydrogen-bond donors (Lipinski definition) is 0. The van der Waals surface area contributed by atoms with Gasteiger partial charge in [0, 0.05) is 12.4 Å². The summed E-state index contributed by atoms with van der Waals surface area (Å²) in [7, 11) is 1.57. The van der Waals surface area contributed by atoms with Crippen LogP contribution in [0.2, 0.25) is 0 Å². The lowest BCUT2D eigenvalue weighted by molar-refractivity contribution is 0.00440. The number of morpholine rings is 1. The minimum absolute atomic E-state index is 0.0468. The van der Waals surface area contributed by atoms with Gasteiger partial charge in [-0.25, -0.2) is 0 Å². The van der Waals surface area contributed by atoms with Gasteiger partial charge in [-0.15, -0.1) is 11.6 Å². The minimum atomic E-state index is -0.0758. The molecule has 0 radical (unpaired) electrons. The fourth-order valence-corrected chi connectivity index (χ4v) is 2.45. The Balaban J connectivity index is 2.29. The van der Waals surface area contributed by atoms with E-state index >= 15 is 0 Å². The van der Waals surface area contributed by atoms with Gasteiger partial charge in [0.25, 0.3) is 5.91 Å². The summed E-state index contributed by atoms with van der Waals surface area (Å²) in [5.41, 5.74) is 1.61. The van der Waals surface area contributed by atoms with E-state index in [1.165, 1.54) is 0 Å². The van der Waals surface area contributed by atoms with E-state index in [9.17, 15) is 4.79 Å². The first-order chi connectivity index (χ1) is 9.17. The molecule has 1 atom stereocenters. The molecule has 104 valence electrons. The van der Waals surface area contributed by atoms with Gasteiger partial charge in [-0.05, 0) is 19.1 Å². The van der Waals surface area contributed by atoms with Crippen molar-refractivity contribution in [3.63, 3.8) is 0 Å². The molecule has 1 unspecified atom stereocenters. The summed E-state index contributed by atoms with van der Waals surface area (Å²) < 4.78 is 10.6. The van der Waals surface area contributed by atoms with Crippen LogP contribution in [0, 0.1) is 6.92 Å². The maximum atomic E-state index is 12.6. The highest BCUT2D eigenvalue weighted by Crippen LogP contribution is 2.23. The molecule has 1 aliphatic heterocycles. The van der Waals surface area contributed by atoms with Crippen LogP contribution >= 0.6 is 11.6 Å². The average Bonchev–Trinajstić information content (AvgIpc) is 2.46. The van der Waals surface area contributed by atoms with Crippen molar-refractivity contribution >= 4 is 17.5 Å². The smallest absolute Gasteiger partial charge is 0.258 e. The summed E-state index contributed by atoms with van der Waals surface area (Å²) in [6.45, 7) is 3.55. The number of carbonyl (C=O) groups excluding carboxylic acids is 1. The normalized spacial score (nSPS) is 19.3. The molecule has 1 aromatic carbocycles. The highest BCUT2D eigenvalue weighted by molar-refractivity contribution is 6.18. The third-order valence-corrected chi connectivity index (χ3v) is 3.61. The Morgan fingerprint density at radius 3 is 3.05 bits per heavy atom. The first-order valence-electron chi connectivity index (χ1n) is 6.26. The number of hydrogen-bond acceptors (Lipinski definition) is 3. The topological polar surface area (TPSA) is 38.8 Å². The third-order valence-electron chi connectivity index (χ3n) is 3.25. The largest absolute Gasteiger partial charge is 0.496 e. The van der Waals surface area contributed by atoms with Crippen LogP contribution in [0.5, 0.6) is 5.75 Å². The number of amides is 1. The lowest BCUT2D eigenvalue weighted by atomic mass is 10.1. The number of benzene rings is 1. The van der Waals surface area contributed by atoms with Gasteiger partial charge in [-0.2, -0.15) is 0 Å². The second-order valence-electron chi connectivity index (χ2n) is 4.59. The number of halogens is 1. The molecule has 0 aliphatic carbocycles. The van der Waals surface area contributed by atoms with Crippen molar-refractivity contribution in [3.8, 4) is 5.75 Å². The van der Waals surface area contributed by atoms with E-state index in [0.29, 0.717) is 37.0 Å². The number of ether oxygens (including phenoxy) is 2. The summed E-state index contributed by atoms with van der Waals surface area (Å²) in [5, 5.41) is 0. The Hall–Kier alpha value is -1.26. The fraction of sp³-hybridized carbons (Fsp3) is 0.500. The van der Waals surface area contributed by atoms with Gasteiger partial charge in [0.05, 0.1) is 31.9 Å². The lowest BCUT2D eigenvalue weighted by Gasteiger charge is -2.34. The Labute approximate surface area is 118 Å². The molecule has 0 saturated carbocycles. The standard InChI is InChI=1S/C14H18ClNO3/c1-10-3-4-13(18-2)12(7-10)14(17)16-5-6-19-9-11(16)8-15/h3-4,7,11H,5-6,8-9H2,1-2H3. The molecule has 1 aromatic rings. The Bertz CT molecular complexity index is 464. The molecule has 4 nitrogen and oxygen atoms in total. The SMILES string of the molecule is COc1ccc(C)cc1C(=O)N1CCOCC1CCl. The van der Waals surface area contributed by atoms with Crippen molar-refractivity contribution in [2.75, 3.05) is 32.7 Å². The molecule has 1 fully saturated rings. The molecule has 0 bridgehead atoms. The van der Waals surface area contributed by atoms with Crippen LogP contribution in [0.4, 0.5) is 0 Å². The zero-order valence-corrected chi connectivity index (χ0v) is 11.9. The van der Waals surface area contributed by atoms with Crippen molar-refractivity contribution in [3.05, 3.63) is 29.3 Å². The number of methoxy groups -OCH3 is 1. The summed E-state index contributed by atoms with van der Waals surface area (Å²) in [4.78, 5) is 14.4. The van der Waals surface area contributed by atoms with Crippen molar-refractivity contribution in [1.82, 2.24) is 4.90 Å². The van der Waals surface area contributed by atoms with Gasteiger partial charge in [0.2, 0.25) is 0 Å². The molecule has 1 aliphatic rings. The van der Waals surface area contributed by atoms with E-state index in [1.54, 1.807) is 12.0 Å². The van der Waals surface area contributed by atoms with Gasteiger partial charge in [0.1, 0.15) is 5.75 Å². The van der Waals surface area contributed by atoms with Gasteiger partial charge in [-0.3, -0.25) is 4.79 Å². The maximum absolute atomic E-state index is 12.6. The van der Waals surface area contributed by atoms with E-state index in [0.717, 1.165) is 5.56 Å². The summed E-state index contributed by atoms with van der Waals surface area (Å²) >= 11 is 5.91. The van der Waals surface area contributed by atoms with E-state index in [1.807, 2.05) is 25.1 Å². The van der Waals surface area contributed by atoms with E-state index < -0.39 is 0 Å². The van der Waals surface area contributed by atoms with Crippen LogP contribution in [0.3, 0.4) is 0 Å². The van der Waals surface area contributed by atoms with Crippen LogP contribution in [0.15, 0.2) is 18.2 Å². The highest BCUT2D eigenvalue weighted by Gasteiger charge is 2.29. The van der Waals surface area contributed by atoms with Gasteiger partial charge >= 0.3 is 0 Å². The molecule has 5 heteroatoms. The Morgan fingerprint density at radius 2 is 2.37 bits per heavy atom. The predicted molar refractivity (Wildman–Crippen MR) is 74.1 cm³/mol. The maximum Gasteiger partial charge on any atom is 0.258 e. The molecule has 19 heavy (non-hydrogen) atoms. The minimum Gasteiger partial charge on any atom is -0.496 e. The van der Waals surface area contributed by atoms with Crippen molar-refractivity contribution in [1.29, 1.82) is 0 Å². The van der Waals surface area contributed by atoms with Crippen molar-refractivity contribution in [2.24, 2.45) is 0 Å². The summed E-state index contributed by atoms with van der Waals surface area (Å²) in [5.74, 6) is 0.921. The monoisotopic (exact) mass is 283 g/mol. The van der Waals surface area contributed by atoms with Gasteiger partial charge < -0.3 is 14.4 Å². The van der Waals surface area contributed by atoms with Crippen molar-refractivity contribution in [2.45, 2.75) is 13.0 Å². The van der Waals surface area contributed by atoms with Crippen LogP contribution < -0.4 is 4.74 Å². The molecule has 1 saturated heterocycles. The van der Waals surface area contributed by atoms with E-state index in [4.69, 9.17) is 21.1 Å². The summed E-state index contributed by atoms with van der Waals surface area (Å²) in [6.07, 6.45) is 0. The first kappa shape index (κ1) is 14.2. The van der Waals surface area contributed by atoms with E-state index in [2.05, 4.69) is 0 Å². The second-order valence-corrected chi connectivity index (χ2v) is 4.89. The third kappa shape index (κ3) is 3.01.